The number of hydrogen-bond donors (Lipinski definition) is 1. The second kappa shape index (κ2) is 9.07. The summed E-state index contributed by atoms with van der Waals surface area (Å²) in [6.07, 6.45) is 6.02. The van der Waals surface area contributed by atoms with Crippen molar-refractivity contribution in [1.29, 1.82) is 0 Å². The third-order valence-corrected chi connectivity index (χ3v) is 8.02. The SMILES string of the molecule is O=C(Cc1cccc(Cl)c1)NC1CC2CCCC(C1)N2Cc1nc2c(Cl)cccc2s1. The van der Waals surface area contributed by atoms with Crippen molar-refractivity contribution < 1.29 is 4.79 Å². The Hall–Kier alpha value is -1.66. The molecule has 0 aliphatic carbocycles. The highest BCUT2D eigenvalue weighted by Gasteiger charge is 2.39. The van der Waals surface area contributed by atoms with Gasteiger partial charge in [0, 0.05) is 23.1 Å². The van der Waals surface area contributed by atoms with E-state index in [2.05, 4.69) is 16.3 Å². The van der Waals surface area contributed by atoms with E-state index in [1.54, 1.807) is 11.3 Å². The number of nitrogens with zero attached hydrogens (tertiary/aromatic N) is 2. The molecule has 2 fully saturated rings. The molecular weight excluding hydrogens is 449 g/mol. The second-order valence-corrected chi connectivity index (χ2v) is 10.6. The standard InChI is InChI=1S/C24H25Cl2N3OS/c25-16-5-1-4-15(10-16)11-22(30)27-17-12-18-6-2-7-19(13-17)29(18)14-23-28-24-20(26)8-3-9-21(24)31-23/h1,3-5,8-10,17-19H,2,6-7,11-14H2,(H,27,30). The molecule has 1 amide bonds. The van der Waals surface area contributed by atoms with Crippen LogP contribution in [0.5, 0.6) is 0 Å². The molecule has 2 aliphatic heterocycles. The number of amides is 1. The smallest absolute Gasteiger partial charge is 0.224 e. The number of rotatable bonds is 5. The second-order valence-electron chi connectivity index (χ2n) is 8.65. The van der Waals surface area contributed by atoms with E-state index in [-0.39, 0.29) is 11.9 Å². The number of aromatic nitrogens is 1. The lowest BCUT2D eigenvalue weighted by atomic mass is 9.81. The fourth-order valence-corrected chi connectivity index (χ4v) is 6.64. The van der Waals surface area contributed by atoms with Crippen LogP contribution in [-0.2, 0) is 17.8 Å². The minimum Gasteiger partial charge on any atom is -0.353 e. The van der Waals surface area contributed by atoms with Crippen molar-refractivity contribution in [2.24, 2.45) is 0 Å². The average molecular weight is 474 g/mol. The fourth-order valence-electron chi connectivity index (χ4n) is 5.15. The lowest BCUT2D eigenvalue weighted by molar-refractivity contribution is -0.122. The number of benzene rings is 2. The summed E-state index contributed by atoms with van der Waals surface area (Å²) in [6.45, 7) is 0.869. The third-order valence-electron chi connectivity index (χ3n) is 6.48. The molecule has 1 aromatic heterocycles. The van der Waals surface area contributed by atoms with Crippen molar-refractivity contribution in [2.75, 3.05) is 0 Å². The summed E-state index contributed by atoms with van der Waals surface area (Å²) in [6, 6.07) is 14.7. The van der Waals surface area contributed by atoms with Crippen molar-refractivity contribution >= 4 is 50.7 Å². The van der Waals surface area contributed by atoms with Gasteiger partial charge >= 0.3 is 0 Å². The Balaban J connectivity index is 1.24. The van der Waals surface area contributed by atoms with Crippen molar-refractivity contribution in [2.45, 2.75) is 63.2 Å². The first-order valence-electron chi connectivity index (χ1n) is 10.9. The van der Waals surface area contributed by atoms with E-state index >= 15 is 0 Å². The predicted molar refractivity (Wildman–Crippen MR) is 128 cm³/mol. The molecule has 31 heavy (non-hydrogen) atoms. The Kier molecular flexibility index (Phi) is 6.20. The summed E-state index contributed by atoms with van der Waals surface area (Å²) < 4.78 is 1.15. The molecule has 4 nitrogen and oxygen atoms in total. The van der Waals surface area contributed by atoms with Crippen molar-refractivity contribution in [1.82, 2.24) is 15.2 Å². The summed E-state index contributed by atoms with van der Waals surface area (Å²) in [5.74, 6) is 0.0830. The number of nitrogens with one attached hydrogen (secondary N) is 1. The monoisotopic (exact) mass is 473 g/mol. The van der Waals surface area contributed by atoms with Gasteiger partial charge in [-0.1, -0.05) is 47.8 Å². The maximum atomic E-state index is 12.6. The molecule has 3 heterocycles. The molecule has 2 saturated heterocycles. The largest absolute Gasteiger partial charge is 0.353 e. The molecule has 2 bridgehead atoms. The molecule has 2 atom stereocenters. The van der Waals surface area contributed by atoms with Crippen molar-refractivity contribution in [3.63, 3.8) is 0 Å². The lowest BCUT2D eigenvalue weighted by Crippen LogP contribution is -2.56. The molecule has 0 spiro atoms. The number of halogens is 2. The zero-order valence-corrected chi connectivity index (χ0v) is 19.5. The number of carbonyl (C=O) groups is 1. The highest BCUT2D eigenvalue weighted by Crippen LogP contribution is 2.37. The Morgan fingerprint density at radius 3 is 2.65 bits per heavy atom. The highest BCUT2D eigenvalue weighted by molar-refractivity contribution is 7.18. The molecule has 2 aliphatic rings. The van der Waals surface area contributed by atoms with Gasteiger partial charge in [0.05, 0.1) is 22.7 Å². The number of carbonyl (C=O) groups excluding carboxylic acids is 1. The first-order chi connectivity index (χ1) is 15.0. The zero-order valence-electron chi connectivity index (χ0n) is 17.2. The van der Waals surface area contributed by atoms with Crippen LogP contribution >= 0.6 is 34.5 Å². The van der Waals surface area contributed by atoms with Crippen LogP contribution in [0.25, 0.3) is 10.2 Å². The quantitative estimate of drug-likeness (QED) is 0.505. The molecule has 7 heteroatoms. The number of fused-ring (bicyclic) bond motifs is 3. The molecular formula is C24H25Cl2N3OS. The Morgan fingerprint density at radius 2 is 1.90 bits per heavy atom. The van der Waals surface area contributed by atoms with Crippen LogP contribution in [0.4, 0.5) is 0 Å². The Morgan fingerprint density at radius 1 is 1.13 bits per heavy atom. The Labute approximate surface area is 196 Å². The van der Waals surface area contributed by atoms with Crippen LogP contribution in [0, 0.1) is 0 Å². The summed E-state index contributed by atoms with van der Waals surface area (Å²) in [7, 11) is 0. The minimum atomic E-state index is 0.0830. The number of piperidine rings is 2. The maximum Gasteiger partial charge on any atom is 0.224 e. The molecule has 2 aromatic carbocycles. The predicted octanol–water partition coefficient (Wildman–Crippen LogP) is 5.85. The van der Waals surface area contributed by atoms with Crippen LogP contribution in [0.1, 0.15) is 42.7 Å². The minimum absolute atomic E-state index is 0.0830. The molecule has 3 aromatic rings. The summed E-state index contributed by atoms with van der Waals surface area (Å²) in [5, 5.41) is 5.81. The number of thiazole rings is 1. The van der Waals surface area contributed by atoms with E-state index < -0.39 is 0 Å². The normalized spacial score (nSPS) is 23.7. The van der Waals surface area contributed by atoms with Crippen LogP contribution < -0.4 is 5.32 Å². The van der Waals surface area contributed by atoms with Crippen LogP contribution in [0.15, 0.2) is 42.5 Å². The molecule has 162 valence electrons. The van der Waals surface area contributed by atoms with Gasteiger partial charge in [-0.25, -0.2) is 4.98 Å². The van der Waals surface area contributed by atoms with E-state index in [1.165, 1.54) is 19.3 Å². The van der Waals surface area contributed by atoms with Gasteiger partial charge in [-0.3, -0.25) is 9.69 Å². The van der Waals surface area contributed by atoms with Gasteiger partial charge in [-0.2, -0.15) is 0 Å². The summed E-state index contributed by atoms with van der Waals surface area (Å²) >= 11 is 14.1. The van der Waals surface area contributed by atoms with E-state index in [1.807, 2.05) is 36.4 Å². The topological polar surface area (TPSA) is 45.2 Å². The van der Waals surface area contributed by atoms with Gasteiger partial charge in [0.25, 0.3) is 0 Å². The third kappa shape index (κ3) is 4.75. The highest BCUT2D eigenvalue weighted by atomic mass is 35.5. The molecule has 0 saturated carbocycles. The van der Waals surface area contributed by atoms with E-state index in [0.717, 1.165) is 45.2 Å². The van der Waals surface area contributed by atoms with E-state index in [4.69, 9.17) is 28.2 Å². The van der Waals surface area contributed by atoms with E-state index in [9.17, 15) is 4.79 Å². The maximum absolute atomic E-state index is 12.6. The van der Waals surface area contributed by atoms with Crippen LogP contribution in [-0.4, -0.2) is 33.9 Å². The number of para-hydroxylation sites is 1. The molecule has 2 unspecified atom stereocenters. The van der Waals surface area contributed by atoms with Gasteiger partial charge in [0.2, 0.25) is 5.91 Å². The first-order valence-corrected chi connectivity index (χ1v) is 12.5. The van der Waals surface area contributed by atoms with Gasteiger partial charge in [0.15, 0.2) is 0 Å². The summed E-state index contributed by atoms with van der Waals surface area (Å²) in [5.41, 5.74) is 1.87. The molecule has 5 rings (SSSR count). The number of hydrogen-bond acceptors (Lipinski definition) is 4. The van der Waals surface area contributed by atoms with Gasteiger partial charge in [-0.05, 0) is 55.5 Å². The average Bonchev–Trinajstić information content (AvgIpc) is 3.12. The van der Waals surface area contributed by atoms with Crippen LogP contribution in [0.3, 0.4) is 0 Å². The molecule has 1 N–H and O–H groups in total. The van der Waals surface area contributed by atoms with Gasteiger partial charge < -0.3 is 5.32 Å². The van der Waals surface area contributed by atoms with Crippen molar-refractivity contribution in [3.8, 4) is 0 Å². The van der Waals surface area contributed by atoms with Crippen molar-refractivity contribution in [3.05, 3.63) is 63.1 Å². The summed E-state index contributed by atoms with van der Waals surface area (Å²) in [4.78, 5) is 20.1. The lowest BCUT2D eigenvalue weighted by Gasteiger charge is -2.48. The van der Waals surface area contributed by atoms with Gasteiger partial charge in [0.1, 0.15) is 10.5 Å². The van der Waals surface area contributed by atoms with Crippen LogP contribution in [0.2, 0.25) is 10.0 Å². The Bertz CT molecular complexity index is 1090. The van der Waals surface area contributed by atoms with Gasteiger partial charge in [-0.15, -0.1) is 11.3 Å². The molecule has 0 radical (unpaired) electrons. The first kappa shape index (κ1) is 21.2. The zero-order chi connectivity index (χ0) is 21.4. The van der Waals surface area contributed by atoms with E-state index in [0.29, 0.717) is 23.5 Å². The fraction of sp³-hybridized carbons (Fsp3) is 0.417.